The fourth-order valence-electron chi connectivity index (χ4n) is 1.53. The Morgan fingerprint density at radius 1 is 1.17 bits per heavy atom. The summed E-state index contributed by atoms with van der Waals surface area (Å²) in [6.45, 7) is 3.95. The Labute approximate surface area is 85.4 Å². The first-order valence-corrected chi connectivity index (χ1v) is 3.95. The highest BCUT2D eigenvalue weighted by Crippen LogP contribution is 2.25. The molecule has 2 atom stereocenters. The van der Waals surface area contributed by atoms with Crippen LogP contribution in [0.2, 0.25) is 0 Å². The zero-order chi connectivity index (χ0) is 6.97. The lowest BCUT2D eigenvalue weighted by Gasteiger charge is -2.26. The van der Waals surface area contributed by atoms with Crippen molar-refractivity contribution in [1.82, 2.24) is 4.90 Å². The number of hydrogen-bond donors (Lipinski definition) is 1. The van der Waals surface area contributed by atoms with Crippen molar-refractivity contribution in [2.45, 2.75) is 18.5 Å². The molecular weight excluding hydrogens is 199 g/mol. The summed E-state index contributed by atoms with van der Waals surface area (Å²) >= 11 is 0. The van der Waals surface area contributed by atoms with Crippen LogP contribution < -0.4 is 5.73 Å². The van der Waals surface area contributed by atoms with Gasteiger partial charge in [0.25, 0.3) is 0 Å². The molecule has 3 nitrogen and oxygen atoms in total. The van der Waals surface area contributed by atoms with E-state index in [2.05, 4.69) is 4.90 Å². The molecule has 0 amide bonds. The molecule has 1 aliphatic heterocycles. The minimum Gasteiger partial charge on any atom is -0.379 e. The highest BCUT2D eigenvalue weighted by Gasteiger charge is 2.38. The van der Waals surface area contributed by atoms with Crippen LogP contribution in [-0.2, 0) is 4.74 Å². The van der Waals surface area contributed by atoms with Crippen LogP contribution in [0.25, 0.3) is 0 Å². The van der Waals surface area contributed by atoms with Crippen LogP contribution in [-0.4, -0.2) is 43.3 Å². The van der Waals surface area contributed by atoms with Gasteiger partial charge in [0.2, 0.25) is 0 Å². The Morgan fingerprint density at radius 3 is 2.08 bits per heavy atom. The van der Waals surface area contributed by atoms with Gasteiger partial charge in [-0.15, -0.1) is 24.8 Å². The van der Waals surface area contributed by atoms with Gasteiger partial charge in [0, 0.05) is 25.2 Å². The molecule has 2 N–H and O–H groups in total. The first-order valence-electron chi connectivity index (χ1n) is 3.95. The van der Waals surface area contributed by atoms with Crippen LogP contribution in [0.3, 0.4) is 0 Å². The lowest BCUT2D eigenvalue weighted by Crippen LogP contribution is -2.39. The second-order valence-electron chi connectivity index (χ2n) is 3.12. The second kappa shape index (κ2) is 5.25. The summed E-state index contributed by atoms with van der Waals surface area (Å²) in [4.78, 5) is 2.44. The number of ether oxygens (including phenoxy) is 1. The average molecular weight is 215 g/mol. The summed E-state index contributed by atoms with van der Waals surface area (Å²) in [6, 6.07) is 1.14. The predicted molar refractivity (Wildman–Crippen MR) is 53.3 cm³/mol. The Bertz CT molecular complexity index is 131. The summed E-state index contributed by atoms with van der Waals surface area (Å²) < 4.78 is 5.23. The van der Waals surface area contributed by atoms with E-state index in [9.17, 15) is 0 Å². The van der Waals surface area contributed by atoms with E-state index in [0.717, 1.165) is 26.3 Å². The second-order valence-corrected chi connectivity index (χ2v) is 3.12. The van der Waals surface area contributed by atoms with Gasteiger partial charge in [-0.3, -0.25) is 4.90 Å². The van der Waals surface area contributed by atoms with E-state index in [0.29, 0.717) is 12.1 Å². The van der Waals surface area contributed by atoms with Gasteiger partial charge in [-0.25, -0.2) is 0 Å². The Morgan fingerprint density at radius 2 is 1.67 bits per heavy atom. The van der Waals surface area contributed by atoms with E-state index in [4.69, 9.17) is 10.5 Å². The van der Waals surface area contributed by atoms with Crippen molar-refractivity contribution in [2.24, 2.45) is 5.73 Å². The van der Waals surface area contributed by atoms with Gasteiger partial charge in [-0.1, -0.05) is 0 Å². The maximum atomic E-state index is 5.71. The molecule has 0 radical (unpaired) electrons. The number of morpholine rings is 1. The van der Waals surface area contributed by atoms with Crippen molar-refractivity contribution in [3.8, 4) is 0 Å². The lowest BCUT2D eigenvalue weighted by molar-refractivity contribution is 0.0332. The Hall–Kier alpha value is 0.460. The maximum absolute atomic E-state index is 5.71. The normalized spacial score (nSPS) is 34.8. The van der Waals surface area contributed by atoms with Gasteiger partial charge in [0.1, 0.15) is 0 Å². The van der Waals surface area contributed by atoms with Crippen LogP contribution in [0.1, 0.15) is 6.42 Å². The number of halogens is 2. The molecule has 1 saturated heterocycles. The van der Waals surface area contributed by atoms with E-state index < -0.39 is 0 Å². The molecule has 2 fully saturated rings. The first-order chi connectivity index (χ1) is 4.88. The largest absolute Gasteiger partial charge is 0.379 e. The molecule has 0 spiro atoms. The molecule has 1 saturated carbocycles. The smallest absolute Gasteiger partial charge is 0.0594 e. The van der Waals surface area contributed by atoms with Gasteiger partial charge in [-0.2, -0.15) is 0 Å². The minimum absolute atomic E-state index is 0. The molecule has 1 aliphatic carbocycles. The van der Waals surface area contributed by atoms with Crippen molar-refractivity contribution in [2.75, 3.05) is 26.3 Å². The van der Waals surface area contributed by atoms with Crippen molar-refractivity contribution >= 4 is 24.8 Å². The summed E-state index contributed by atoms with van der Waals surface area (Å²) in [7, 11) is 0. The topological polar surface area (TPSA) is 38.5 Å². The van der Waals surface area contributed by atoms with Gasteiger partial charge in [-0.05, 0) is 6.42 Å². The molecule has 12 heavy (non-hydrogen) atoms. The lowest BCUT2D eigenvalue weighted by atomic mass is 10.4. The van der Waals surface area contributed by atoms with Crippen molar-refractivity contribution < 1.29 is 4.74 Å². The summed E-state index contributed by atoms with van der Waals surface area (Å²) in [5, 5.41) is 0. The maximum Gasteiger partial charge on any atom is 0.0594 e. The van der Waals surface area contributed by atoms with Crippen molar-refractivity contribution in [3.05, 3.63) is 0 Å². The zero-order valence-corrected chi connectivity index (χ0v) is 8.57. The minimum atomic E-state index is 0. The van der Waals surface area contributed by atoms with Gasteiger partial charge < -0.3 is 10.5 Å². The molecular formula is C7H16Cl2N2O. The van der Waals surface area contributed by atoms with E-state index >= 15 is 0 Å². The van der Waals surface area contributed by atoms with E-state index in [1.807, 2.05) is 0 Å². The van der Waals surface area contributed by atoms with Gasteiger partial charge in [0.15, 0.2) is 0 Å². The Kier molecular flexibility index (Phi) is 5.45. The molecule has 74 valence electrons. The van der Waals surface area contributed by atoms with Crippen LogP contribution in [0.4, 0.5) is 0 Å². The third kappa shape index (κ3) is 2.75. The summed E-state index contributed by atoms with van der Waals surface area (Å²) in [6.07, 6.45) is 1.19. The summed E-state index contributed by atoms with van der Waals surface area (Å²) in [5.74, 6) is 0. The van der Waals surface area contributed by atoms with Crippen LogP contribution >= 0.6 is 24.8 Å². The molecule has 0 bridgehead atoms. The Balaban J connectivity index is 0.000000605. The quantitative estimate of drug-likeness (QED) is 0.682. The molecule has 0 aromatic carbocycles. The SMILES string of the molecule is Cl.Cl.NC1CC1N1CCOCC1. The fourth-order valence-corrected chi connectivity index (χ4v) is 1.53. The van der Waals surface area contributed by atoms with Crippen LogP contribution in [0, 0.1) is 0 Å². The van der Waals surface area contributed by atoms with Crippen molar-refractivity contribution in [1.29, 1.82) is 0 Å². The van der Waals surface area contributed by atoms with E-state index in [-0.39, 0.29) is 24.8 Å². The molecule has 1 heterocycles. The first kappa shape index (κ1) is 12.5. The van der Waals surface area contributed by atoms with Gasteiger partial charge in [0.05, 0.1) is 13.2 Å². The van der Waals surface area contributed by atoms with E-state index in [1.54, 1.807) is 0 Å². The number of nitrogens with zero attached hydrogens (tertiary/aromatic N) is 1. The molecule has 0 aromatic rings. The van der Waals surface area contributed by atoms with Crippen LogP contribution in [0.5, 0.6) is 0 Å². The third-order valence-corrected chi connectivity index (χ3v) is 2.32. The predicted octanol–water partition coefficient (Wildman–Crippen LogP) is 0.262. The average Bonchev–Trinajstić information content (AvgIpc) is 2.69. The third-order valence-electron chi connectivity index (χ3n) is 2.32. The van der Waals surface area contributed by atoms with Gasteiger partial charge >= 0.3 is 0 Å². The van der Waals surface area contributed by atoms with Crippen molar-refractivity contribution in [3.63, 3.8) is 0 Å². The number of rotatable bonds is 1. The molecule has 2 unspecified atom stereocenters. The number of nitrogens with two attached hydrogens (primary N) is 1. The molecule has 5 heteroatoms. The highest BCUT2D eigenvalue weighted by molar-refractivity contribution is 5.85. The fraction of sp³-hybridized carbons (Fsp3) is 1.00. The summed E-state index contributed by atoms with van der Waals surface area (Å²) in [5.41, 5.74) is 5.71. The molecule has 2 aliphatic rings. The molecule has 2 rings (SSSR count). The monoisotopic (exact) mass is 214 g/mol. The molecule has 0 aromatic heterocycles. The highest BCUT2D eigenvalue weighted by atomic mass is 35.5. The zero-order valence-electron chi connectivity index (χ0n) is 6.94. The number of hydrogen-bond acceptors (Lipinski definition) is 3. The van der Waals surface area contributed by atoms with E-state index in [1.165, 1.54) is 6.42 Å². The van der Waals surface area contributed by atoms with Crippen LogP contribution in [0.15, 0.2) is 0 Å². The standard InChI is InChI=1S/C7H14N2O.2ClH/c8-6-5-7(6)9-1-3-10-4-2-9;;/h6-7H,1-5,8H2;2*1H.